The van der Waals surface area contributed by atoms with Gasteiger partial charge in [0.2, 0.25) is 0 Å². The van der Waals surface area contributed by atoms with E-state index in [4.69, 9.17) is 15.7 Å². The molecule has 7 nitrogen and oxygen atoms in total. The maximum atomic E-state index is 13.9. The van der Waals surface area contributed by atoms with Crippen LogP contribution < -0.4 is 10.5 Å². The maximum Gasteiger partial charge on any atom is 0.170 e. The quantitative estimate of drug-likeness (QED) is 0.364. The summed E-state index contributed by atoms with van der Waals surface area (Å²) in [5, 5.41) is 15.4. The van der Waals surface area contributed by atoms with Crippen LogP contribution in [0.15, 0.2) is 29.7 Å². The molecule has 0 unspecified atom stereocenters. The van der Waals surface area contributed by atoms with Gasteiger partial charge < -0.3 is 15.7 Å². The number of benzene rings is 1. The second-order valence-corrected chi connectivity index (χ2v) is 4.32. The van der Waals surface area contributed by atoms with Crippen LogP contribution in [0.2, 0.25) is 0 Å². The number of rotatable bonds is 6. The number of oxime groups is 1. The molecule has 0 amide bonds. The Hall–Kier alpha value is -2.64. The molecule has 2 aromatic rings. The molecule has 1 aromatic heterocycles. The van der Waals surface area contributed by atoms with Crippen molar-refractivity contribution < 1.29 is 14.3 Å². The van der Waals surface area contributed by atoms with Gasteiger partial charge in [0.15, 0.2) is 23.2 Å². The van der Waals surface area contributed by atoms with Gasteiger partial charge in [0.1, 0.15) is 12.9 Å². The van der Waals surface area contributed by atoms with Crippen LogP contribution in [-0.4, -0.2) is 25.8 Å². The molecular weight excluding hydrogens is 277 g/mol. The van der Waals surface area contributed by atoms with Gasteiger partial charge in [-0.2, -0.15) is 5.10 Å². The van der Waals surface area contributed by atoms with Crippen LogP contribution in [-0.2, 0) is 13.2 Å². The number of aryl methyl sites for hydroxylation is 1. The molecule has 3 N–H and O–H groups in total. The Labute approximate surface area is 120 Å². The molecule has 112 valence electrons. The van der Waals surface area contributed by atoms with Crippen molar-refractivity contribution in [3.05, 3.63) is 41.7 Å². The lowest BCUT2D eigenvalue weighted by molar-refractivity contribution is 0.272. The van der Waals surface area contributed by atoms with E-state index >= 15 is 0 Å². The van der Waals surface area contributed by atoms with Gasteiger partial charge in [-0.25, -0.2) is 14.1 Å². The highest BCUT2D eigenvalue weighted by Gasteiger charge is 2.10. The summed E-state index contributed by atoms with van der Waals surface area (Å²) in [4.78, 5) is 4.07. The summed E-state index contributed by atoms with van der Waals surface area (Å²) in [7, 11) is 0. The van der Waals surface area contributed by atoms with Crippen LogP contribution in [0.5, 0.6) is 5.75 Å². The number of aromatic nitrogens is 3. The number of nitrogens with two attached hydrogens (primary N) is 1. The SMILES string of the molecule is CCCn1ncnc1COc1ccc(/C(N)=N/O)cc1F. The van der Waals surface area contributed by atoms with Crippen LogP contribution in [0.3, 0.4) is 0 Å². The average Bonchev–Trinajstić information content (AvgIpc) is 2.93. The molecule has 0 aliphatic carbocycles. The Bertz CT molecular complexity index is 641. The number of hydrogen-bond acceptors (Lipinski definition) is 5. The highest BCUT2D eigenvalue weighted by molar-refractivity contribution is 5.97. The summed E-state index contributed by atoms with van der Waals surface area (Å²) in [6, 6.07) is 4.06. The van der Waals surface area contributed by atoms with Crippen LogP contribution in [0.1, 0.15) is 24.7 Å². The first kappa shape index (κ1) is 14.8. The lowest BCUT2D eigenvalue weighted by atomic mass is 10.2. The van der Waals surface area contributed by atoms with Gasteiger partial charge in [0, 0.05) is 12.1 Å². The first-order chi connectivity index (χ1) is 10.2. The van der Waals surface area contributed by atoms with Gasteiger partial charge in [0.25, 0.3) is 0 Å². The number of ether oxygens (including phenoxy) is 1. The lowest BCUT2D eigenvalue weighted by Gasteiger charge is -2.09. The highest BCUT2D eigenvalue weighted by atomic mass is 19.1. The average molecular weight is 293 g/mol. The fourth-order valence-electron chi connectivity index (χ4n) is 1.78. The predicted octanol–water partition coefficient (Wildman–Crippen LogP) is 1.50. The maximum absolute atomic E-state index is 13.9. The zero-order valence-corrected chi connectivity index (χ0v) is 11.5. The normalized spacial score (nSPS) is 11.6. The fraction of sp³-hybridized carbons (Fsp3) is 0.308. The molecule has 0 atom stereocenters. The predicted molar refractivity (Wildman–Crippen MR) is 73.6 cm³/mol. The molecular formula is C13H16FN5O2. The van der Waals surface area contributed by atoms with E-state index in [0.717, 1.165) is 19.0 Å². The molecule has 0 radical (unpaired) electrons. The largest absolute Gasteiger partial charge is 0.483 e. The van der Waals surface area contributed by atoms with Crippen LogP contribution >= 0.6 is 0 Å². The molecule has 1 aromatic carbocycles. The van der Waals surface area contributed by atoms with E-state index in [9.17, 15) is 4.39 Å². The number of nitrogens with zero attached hydrogens (tertiary/aromatic N) is 4. The molecule has 0 aliphatic rings. The summed E-state index contributed by atoms with van der Waals surface area (Å²) in [5.74, 6) is -0.0731. The fourth-order valence-corrected chi connectivity index (χ4v) is 1.78. The van der Waals surface area contributed by atoms with Crippen LogP contribution in [0.4, 0.5) is 4.39 Å². The third-order valence-corrected chi connectivity index (χ3v) is 2.82. The molecule has 0 spiro atoms. The van der Waals surface area contributed by atoms with Crippen molar-refractivity contribution in [2.24, 2.45) is 10.9 Å². The Kier molecular flexibility index (Phi) is 4.70. The number of halogens is 1. The van der Waals surface area contributed by atoms with E-state index in [1.807, 2.05) is 6.92 Å². The minimum absolute atomic E-state index is 0.0653. The zero-order valence-electron chi connectivity index (χ0n) is 11.5. The minimum atomic E-state index is -0.597. The summed E-state index contributed by atoms with van der Waals surface area (Å²) in [5.41, 5.74) is 5.66. The molecule has 21 heavy (non-hydrogen) atoms. The van der Waals surface area contributed by atoms with E-state index in [-0.39, 0.29) is 23.8 Å². The molecule has 0 bridgehead atoms. The molecule has 0 saturated carbocycles. The monoisotopic (exact) mass is 293 g/mol. The lowest BCUT2D eigenvalue weighted by Crippen LogP contribution is -2.13. The molecule has 1 heterocycles. The minimum Gasteiger partial charge on any atom is -0.483 e. The third-order valence-electron chi connectivity index (χ3n) is 2.82. The molecule has 2 rings (SSSR count). The Morgan fingerprint density at radius 3 is 3.00 bits per heavy atom. The van der Waals surface area contributed by atoms with Crippen LogP contribution in [0, 0.1) is 5.82 Å². The van der Waals surface area contributed by atoms with Crippen LogP contribution in [0.25, 0.3) is 0 Å². The number of hydrogen-bond donors (Lipinski definition) is 2. The van der Waals surface area contributed by atoms with Gasteiger partial charge in [-0.05, 0) is 24.6 Å². The Morgan fingerprint density at radius 2 is 2.33 bits per heavy atom. The molecule has 8 heteroatoms. The van der Waals surface area contributed by atoms with E-state index in [0.29, 0.717) is 5.82 Å². The highest BCUT2D eigenvalue weighted by Crippen LogP contribution is 2.19. The van der Waals surface area contributed by atoms with Crippen molar-refractivity contribution in [2.45, 2.75) is 26.5 Å². The summed E-state index contributed by atoms with van der Waals surface area (Å²) >= 11 is 0. The third kappa shape index (κ3) is 3.47. The van der Waals surface area contributed by atoms with Crippen molar-refractivity contribution in [2.75, 3.05) is 0 Å². The van der Waals surface area contributed by atoms with Gasteiger partial charge in [0.05, 0.1) is 0 Å². The van der Waals surface area contributed by atoms with Gasteiger partial charge in [-0.1, -0.05) is 12.1 Å². The summed E-state index contributed by atoms with van der Waals surface area (Å²) in [6.07, 6.45) is 2.35. The van der Waals surface area contributed by atoms with Crippen molar-refractivity contribution in [1.29, 1.82) is 0 Å². The Balaban J connectivity index is 2.08. The number of amidine groups is 1. The van der Waals surface area contributed by atoms with E-state index < -0.39 is 5.82 Å². The van der Waals surface area contributed by atoms with Crippen molar-refractivity contribution in [1.82, 2.24) is 14.8 Å². The van der Waals surface area contributed by atoms with Gasteiger partial charge >= 0.3 is 0 Å². The van der Waals surface area contributed by atoms with E-state index in [2.05, 4.69) is 15.2 Å². The second kappa shape index (κ2) is 6.69. The van der Waals surface area contributed by atoms with Crippen molar-refractivity contribution >= 4 is 5.84 Å². The standard InChI is InChI=1S/C13H16FN5O2/c1-2-5-19-12(16-8-17-19)7-21-11-4-3-9(6-10(11)14)13(15)18-20/h3-4,6,8,20H,2,5,7H2,1H3,(H2,15,18). The summed E-state index contributed by atoms with van der Waals surface area (Å²) in [6.45, 7) is 2.86. The molecule has 0 fully saturated rings. The first-order valence-electron chi connectivity index (χ1n) is 6.42. The van der Waals surface area contributed by atoms with E-state index in [1.165, 1.54) is 18.5 Å². The van der Waals surface area contributed by atoms with Gasteiger partial charge in [-0.3, -0.25) is 0 Å². The van der Waals surface area contributed by atoms with Gasteiger partial charge in [-0.15, -0.1) is 0 Å². The molecule has 0 saturated heterocycles. The smallest absolute Gasteiger partial charge is 0.170 e. The first-order valence-corrected chi connectivity index (χ1v) is 6.42. The zero-order chi connectivity index (χ0) is 15.2. The van der Waals surface area contributed by atoms with E-state index in [1.54, 1.807) is 4.68 Å². The molecule has 0 aliphatic heterocycles. The Morgan fingerprint density at radius 1 is 1.52 bits per heavy atom. The summed E-state index contributed by atoms with van der Waals surface area (Å²) < 4.78 is 21.0. The topological polar surface area (TPSA) is 98.5 Å². The van der Waals surface area contributed by atoms with Crippen molar-refractivity contribution in [3.8, 4) is 5.75 Å². The van der Waals surface area contributed by atoms with Crippen molar-refractivity contribution in [3.63, 3.8) is 0 Å². The second-order valence-electron chi connectivity index (χ2n) is 4.32.